The third-order valence-corrected chi connectivity index (χ3v) is 4.72. The summed E-state index contributed by atoms with van der Waals surface area (Å²) in [6, 6.07) is 9.82. The molecule has 29 heavy (non-hydrogen) atoms. The van der Waals surface area contributed by atoms with Crippen molar-refractivity contribution in [3.05, 3.63) is 47.5 Å². The van der Waals surface area contributed by atoms with Crippen LogP contribution >= 0.6 is 24.8 Å². The summed E-state index contributed by atoms with van der Waals surface area (Å²) in [5.74, 6) is 2.12. The quantitative estimate of drug-likeness (QED) is 0.587. The van der Waals surface area contributed by atoms with Crippen molar-refractivity contribution in [3.63, 3.8) is 0 Å². The summed E-state index contributed by atoms with van der Waals surface area (Å²) >= 11 is 0. The highest BCUT2D eigenvalue weighted by Crippen LogP contribution is 2.32. The molecule has 1 aliphatic carbocycles. The molecule has 0 radical (unpaired) electrons. The van der Waals surface area contributed by atoms with Crippen molar-refractivity contribution >= 4 is 30.7 Å². The SMILES string of the molecule is CN(C)CCNC(=O)Cn1nc(CC2CC2)nc1[C@H](N)Cc1ccccc1.Cl.Cl. The second-order valence-corrected chi connectivity index (χ2v) is 7.64. The number of benzene rings is 1. The van der Waals surface area contributed by atoms with Gasteiger partial charge in [-0.25, -0.2) is 9.67 Å². The Hall–Kier alpha value is -1.67. The molecular weight excluding hydrogens is 411 g/mol. The normalized spacial score (nSPS) is 14.1. The van der Waals surface area contributed by atoms with Crippen molar-refractivity contribution in [1.29, 1.82) is 0 Å². The summed E-state index contributed by atoms with van der Waals surface area (Å²) in [6.45, 7) is 1.57. The van der Waals surface area contributed by atoms with E-state index < -0.39 is 0 Å². The molecule has 1 saturated carbocycles. The highest BCUT2D eigenvalue weighted by Gasteiger charge is 2.26. The zero-order valence-electron chi connectivity index (χ0n) is 17.1. The summed E-state index contributed by atoms with van der Waals surface area (Å²) in [4.78, 5) is 19.0. The molecule has 7 nitrogen and oxygen atoms in total. The number of aromatic nitrogens is 3. The van der Waals surface area contributed by atoms with E-state index in [1.165, 1.54) is 12.8 Å². The lowest BCUT2D eigenvalue weighted by atomic mass is 10.1. The first-order valence-electron chi connectivity index (χ1n) is 9.66. The molecule has 2 aromatic rings. The Labute approximate surface area is 185 Å². The van der Waals surface area contributed by atoms with Gasteiger partial charge in [-0.2, -0.15) is 5.10 Å². The molecule has 0 unspecified atom stereocenters. The summed E-state index contributed by atoms with van der Waals surface area (Å²) in [6.07, 6.45) is 4.03. The second kappa shape index (κ2) is 12.1. The predicted octanol–water partition coefficient (Wildman–Crippen LogP) is 1.99. The van der Waals surface area contributed by atoms with E-state index in [9.17, 15) is 4.79 Å². The molecule has 0 bridgehead atoms. The van der Waals surface area contributed by atoms with E-state index in [1.807, 2.05) is 37.2 Å². The van der Waals surface area contributed by atoms with Crippen LogP contribution in [0.4, 0.5) is 0 Å². The Morgan fingerprint density at radius 2 is 1.97 bits per heavy atom. The number of rotatable bonds is 10. The zero-order valence-corrected chi connectivity index (χ0v) is 18.7. The number of hydrogen-bond acceptors (Lipinski definition) is 5. The molecule has 1 aliphatic rings. The van der Waals surface area contributed by atoms with Crippen molar-refractivity contribution in [2.24, 2.45) is 11.7 Å². The first-order valence-corrected chi connectivity index (χ1v) is 9.66. The molecule has 1 aromatic carbocycles. The van der Waals surface area contributed by atoms with Crippen LogP contribution in [0.3, 0.4) is 0 Å². The fourth-order valence-electron chi connectivity index (χ4n) is 3.03. The molecule has 1 atom stereocenters. The van der Waals surface area contributed by atoms with Crippen molar-refractivity contribution in [3.8, 4) is 0 Å². The molecule has 0 aliphatic heterocycles. The number of nitrogens with one attached hydrogen (secondary N) is 1. The van der Waals surface area contributed by atoms with E-state index in [-0.39, 0.29) is 43.3 Å². The van der Waals surface area contributed by atoms with Crippen LogP contribution in [0, 0.1) is 5.92 Å². The van der Waals surface area contributed by atoms with E-state index >= 15 is 0 Å². The summed E-state index contributed by atoms with van der Waals surface area (Å²) in [5, 5.41) is 7.52. The molecule has 3 N–H and O–H groups in total. The van der Waals surface area contributed by atoms with Crippen molar-refractivity contribution < 1.29 is 4.79 Å². The maximum Gasteiger partial charge on any atom is 0.241 e. The molecule has 3 rings (SSSR count). The average Bonchev–Trinajstić information content (AvgIpc) is 3.34. The molecule has 1 aromatic heterocycles. The number of nitrogens with zero attached hydrogens (tertiary/aromatic N) is 4. The number of hydrogen-bond donors (Lipinski definition) is 2. The van der Waals surface area contributed by atoms with Gasteiger partial charge < -0.3 is 16.0 Å². The Morgan fingerprint density at radius 3 is 2.59 bits per heavy atom. The van der Waals surface area contributed by atoms with Crippen LogP contribution in [0.1, 0.15) is 36.1 Å². The second-order valence-electron chi connectivity index (χ2n) is 7.64. The van der Waals surface area contributed by atoms with E-state index in [1.54, 1.807) is 4.68 Å². The molecule has 0 spiro atoms. The Bertz CT molecular complexity index is 749. The predicted molar refractivity (Wildman–Crippen MR) is 120 cm³/mol. The van der Waals surface area contributed by atoms with Gasteiger partial charge in [0.05, 0.1) is 6.04 Å². The number of amides is 1. The number of likely N-dealkylation sites (N-methyl/N-ethyl adjacent to an activating group) is 1. The third kappa shape index (κ3) is 8.30. The van der Waals surface area contributed by atoms with Crippen LogP contribution in [0.25, 0.3) is 0 Å². The lowest BCUT2D eigenvalue weighted by Gasteiger charge is -2.14. The monoisotopic (exact) mass is 442 g/mol. The molecule has 1 fully saturated rings. The highest BCUT2D eigenvalue weighted by atomic mass is 35.5. The van der Waals surface area contributed by atoms with E-state index in [2.05, 4.69) is 27.5 Å². The highest BCUT2D eigenvalue weighted by molar-refractivity contribution is 5.85. The van der Waals surface area contributed by atoms with E-state index in [0.29, 0.717) is 24.7 Å². The lowest BCUT2D eigenvalue weighted by Crippen LogP contribution is -2.34. The van der Waals surface area contributed by atoms with Gasteiger partial charge in [-0.15, -0.1) is 24.8 Å². The number of halogens is 2. The minimum absolute atomic E-state index is 0. The topological polar surface area (TPSA) is 89.1 Å². The van der Waals surface area contributed by atoms with E-state index in [0.717, 1.165) is 24.4 Å². The summed E-state index contributed by atoms with van der Waals surface area (Å²) in [5.41, 5.74) is 7.59. The molecule has 1 amide bonds. The fraction of sp³-hybridized carbons (Fsp3) is 0.550. The van der Waals surface area contributed by atoms with Crippen LogP contribution in [-0.2, 0) is 24.2 Å². The third-order valence-electron chi connectivity index (χ3n) is 4.72. The van der Waals surface area contributed by atoms with Crippen LogP contribution in [0.15, 0.2) is 30.3 Å². The van der Waals surface area contributed by atoms with Crippen molar-refractivity contribution in [1.82, 2.24) is 25.0 Å². The van der Waals surface area contributed by atoms with Gasteiger partial charge in [-0.3, -0.25) is 4.79 Å². The molecule has 1 heterocycles. The first-order chi connectivity index (χ1) is 13.0. The number of carbonyl (C=O) groups excluding carboxylic acids is 1. The minimum Gasteiger partial charge on any atom is -0.353 e. The lowest BCUT2D eigenvalue weighted by molar-refractivity contribution is -0.121. The van der Waals surface area contributed by atoms with Crippen LogP contribution < -0.4 is 11.1 Å². The minimum atomic E-state index is -0.289. The maximum absolute atomic E-state index is 12.3. The van der Waals surface area contributed by atoms with Gasteiger partial charge in [0.15, 0.2) is 5.82 Å². The molecule has 9 heteroatoms. The van der Waals surface area contributed by atoms with Gasteiger partial charge in [0.2, 0.25) is 5.91 Å². The van der Waals surface area contributed by atoms with Crippen LogP contribution in [0.5, 0.6) is 0 Å². The Balaban J connectivity index is 0.00000210. The van der Waals surface area contributed by atoms with Crippen molar-refractivity contribution in [2.45, 2.75) is 38.3 Å². The molecule has 162 valence electrons. The number of nitrogens with two attached hydrogens (primary N) is 1. The smallest absolute Gasteiger partial charge is 0.241 e. The summed E-state index contributed by atoms with van der Waals surface area (Å²) < 4.78 is 1.69. The number of carbonyl (C=O) groups is 1. The average molecular weight is 443 g/mol. The van der Waals surface area contributed by atoms with Gasteiger partial charge in [0.1, 0.15) is 12.4 Å². The maximum atomic E-state index is 12.3. The van der Waals surface area contributed by atoms with Gasteiger partial charge in [-0.05, 0) is 44.8 Å². The molecule has 0 saturated heterocycles. The van der Waals surface area contributed by atoms with E-state index in [4.69, 9.17) is 5.73 Å². The summed E-state index contributed by atoms with van der Waals surface area (Å²) in [7, 11) is 3.96. The fourth-order valence-corrected chi connectivity index (χ4v) is 3.03. The molecular formula is C20H32Cl2N6O. The largest absolute Gasteiger partial charge is 0.353 e. The standard InChI is InChI=1S/C20H30N6O.2ClH/c1-25(2)11-10-22-19(27)14-26-20(23-18(24-26)13-16-8-9-16)17(21)12-15-6-4-3-5-7-15;;/h3-7,16-17H,8-14,21H2,1-2H3,(H,22,27);2*1H/t17-;;/m1../s1. The van der Waals surface area contributed by atoms with Gasteiger partial charge in [0.25, 0.3) is 0 Å². The zero-order chi connectivity index (χ0) is 19.2. The van der Waals surface area contributed by atoms with Crippen LogP contribution in [0.2, 0.25) is 0 Å². The Kier molecular flexibility index (Phi) is 10.6. The van der Waals surface area contributed by atoms with Gasteiger partial charge in [-0.1, -0.05) is 30.3 Å². The first kappa shape index (κ1) is 25.4. The Morgan fingerprint density at radius 1 is 1.28 bits per heavy atom. The van der Waals surface area contributed by atoms with Gasteiger partial charge in [0, 0.05) is 19.5 Å². The van der Waals surface area contributed by atoms with Crippen LogP contribution in [-0.4, -0.2) is 52.8 Å². The van der Waals surface area contributed by atoms with Gasteiger partial charge >= 0.3 is 0 Å². The van der Waals surface area contributed by atoms with Crippen molar-refractivity contribution in [2.75, 3.05) is 27.2 Å².